The standard InChI is InChI=1S/C59H72N2O6/c1-4-7-8-9-10-11-12-15-40-20-30-45(31-21-40)61-49-37-51(67-47-34-28-44(29-35-47)42-24-18-39(14-6-3)19-25-42)57(63)55-53(49)59(65)54-52(58(55)64)48(60)36-50(56(54)62)66-46-32-26-43(27-33-46)41-22-16-38(13-5-2)17-23-41/h20-21,26-39,41-42,61-63H,4-19,22-25,60H2,1-3H3. The Morgan fingerprint density at radius 2 is 1.00 bits per heavy atom. The molecule has 0 aliphatic heterocycles. The quantitative estimate of drug-likeness (QED) is 0.0338. The van der Waals surface area contributed by atoms with Crippen molar-refractivity contribution in [3.05, 3.63) is 124 Å². The summed E-state index contributed by atoms with van der Waals surface area (Å²) in [5.74, 6) is 1.21. The van der Waals surface area contributed by atoms with Crippen LogP contribution in [0.2, 0.25) is 0 Å². The number of aromatic hydroxyl groups is 2. The fourth-order valence-electron chi connectivity index (χ4n) is 11.2. The SMILES string of the molecule is CCCCCCCCCc1ccc(Nc2cc(Oc3ccc(C4CCC(CCC)CC4)cc3)c(O)c3c2C(=O)c2c(O)c(Oc4ccc(C5CCC(CCC)CC5)cc4)cc(N)c2C3=O)cc1. The van der Waals surface area contributed by atoms with Crippen LogP contribution in [0, 0.1) is 11.8 Å². The number of nitrogen functional groups attached to an aromatic ring is 1. The third-order valence-corrected chi connectivity index (χ3v) is 15.0. The van der Waals surface area contributed by atoms with Gasteiger partial charge in [-0.1, -0.05) is 121 Å². The first-order chi connectivity index (χ1) is 32.6. The average molecular weight is 905 g/mol. The Morgan fingerprint density at radius 1 is 0.537 bits per heavy atom. The fourth-order valence-corrected chi connectivity index (χ4v) is 11.2. The lowest BCUT2D eigenvalue weighted by atomic mass is 9.77. The number of hydrogen-bond donors (Lipinski definition) is 4. The van der Waals surface area contributed by atoms with Gasteiger partial charge in [-0.05, 0) is 141 Å². The molecule has 8 rings (SSSR count). The van der Waals surface area contributed by atoms with Crippen LogP contribution in [0.5, 0.6) is 34.5 Å². The Hall–Kier alpha value is -5.76. The number of carbonyl (C=O) groups is 2. The van der Waals surface area contributed by atoms with Crippen LogP contribution >= 0.6 is 0 Å². The topological polar surface area (TPSA) is 131 Å². The fraction of sp³-hybridized carbons (Fsp3) is 0.458. The van der Waals surface area contributed by atoms with Crippen LogP contribution in [0.3, 0.4) is 0 Å². The van der Waals surface area contributed by atoms with Crippen molar-refractivity contribution in [2.75, 3.05) is 11.1 Å². The predicted octanol–water partition coefficient (Wildman–Crippen LogP) is 16.2. The first kappa shape index (κ1) is 47.7. The number of phenolic OH excluding ortho intramolecular Hbond substituents is 2. The van der Waals surface area contributed by atoms with Gasteiger partial charge in [-0.2, -0.15) is 0 Å². The molecule has 5 aromatic rings. The third kappa shape index (κ3) is 11.2. The van der Waals surface area contributed by atoms with Crippen LogP contribution < -0.4 is 20.5 Å². The number of phenols is 2. The van der Waals surface area contributed by atoms with E-state index >= 15 is 0 Å². The van der Waals surface area contributed by atoms with E-state index in [2.05, 4.69) is 62.5 Å². The molecule has 67 heavy (non-hydrogen) atoms. The number of ketones is 2. The Labute approximate surface area is 398 Å². The minimum atomic E-state index is -0.702. The van der Waals surface area contributed by atoms with E-state index in [1.165, 1.54) is 138 Å². The van der Waals surface area contributed by atoms with E-state index in [1.807, 2.05) is 36.4 Å². The molecule has 0 heterocycles. The first-order valence-electron chi connectivity index (χ1n) is 25.7. The zero-order chi connectivity index (χ0) is 46.9. The number of rotatable bonds is 20. The van der Waals surface area contributed by atoms with Crippen molar-refractivity contribution in [1.82, 2.24) is 0 Å². The minimum absolute atomic E-state index is 0.00873. The van der Waals surface area contributed by atoms with Crippen molar-refractivity contribution in [3.8, 4) is 34.5 Å². The molecule has 5 aromatic carbocycles. The number of fused-ring (bicyclic) bond motifs is 2. The van der Waals surface area contributed by atoms with E-state index in [4.69, 9.17) is 15.2 Å². The van der Waals surface area contributed by atoms with Gasteiger partial charge in [-0.25, -0.2) is 0 Å². The second-order valence-electron chi connectivity index (χ2n) is 19.8. The second kappa shape index (κ2) is 22.4. The molecule has 354 valence electrons. The van der Waals surface area contributed by atoms with Gasteiger partial charge in [-0.3, -0.25) is 9.59 Å². The number of nitrogens with one attached hydrogen (secondary N) is 1. The molecule has 0 bridgehead atoms. The molecular formula is C59H72N2O6. The highest BCUT2D eigenvalue weighted by molar-refractivity contribution is 6.34. The van der Waals surface area contributed by atoms with Gasteiger partial charge in [0.2, 0.25) is 11.6 Å². The van der Waals surface area contributed by atoms with E-state index in [9.17, 15) is 19.8 Å². The number of unbranched alkanes of at least 4 members (excludes halogenated alkanes) is 6. The number of aryl methyl sites for hydroxylation is 1. The lowest BCUT2D eigenvalue weighted by molar-refractivity contribution is 0.0974. The Morgan fingerprint density at radius 3 is 1.51 bits per heavy atom. The van der Waals surface area contributed by atoms with Crippen LogP contribution in [0.1, 0.15) is 203 Å². The summed E-state index contributed by atoms with van der Waals surface area (Å²) in [7, 11) is 0. The molecular weight excluding hydrogens is 833 g/mol. The molecule has 0 atom stereocenters. The van der Waals surface area contributed by atoms with E-state index in [0.717, 1.165) is 24.7 Å². The van der Waals surface area contributed by atoms with Crippen molar-refractivity contribution in [1.29, 1.82) is 0 Å². The highest BCUT2D eigenvalue weighted by atomic mass is 16.5. The molecule has 0 spiro atoms. The molecule has 2 saturated carbocycles. The molecule has 0 saturated heterocycles. The van der Waals surface area contributed by atoms with Crippen LogP contribution in [0.15, 0.2) is 84.9 Å². The van der Waals surface area contributed by atoms with E-state index in [-0.39, 0.29) is 45.1 Å². The van der Waals surface area contributed by atoms with Gasteiger partial charge >= 0.3 is 0 Å². The molecule has 0 aromatic heterocycles. The van der Waals surface area contributed by atoms with Crippen molar-refractivity contribution in [2.24, 2.45) is 11.8 Å². The van der Waals surface area contributed by atoms with Gasteiger partial charge in [0.1, 0.15) is 11.5 Å². The van der Waals surface area contributed by atoms with Gasteiger partial charge < -0.3 is 30.7 Å². The van der Waals surface area contributed by atoms with E-state index < -0.39 is 23.1 Å². The molecule has 3 aliphatic rings. The van der Waals surface area contributed by atoms with Gasteiger partial charge in [0.25, 0.3) is 0 Å². The Bertz CT molecular complexity index is 2460. The van der Waals surface area contributed by atoms with Crippen LogP contribution in [-0.4, -0.2) is 21.8 Å². The Kier molecular flexibility index (Phi) is 15.9. The number of anilines is 3. The van der Waals surface area contributed by atoms with Crippen molar-refractivity contribution >= 4 is 28.6 Å². The zero-order valence-electron chi connectivity index (χ0n) is 40.1. The van der Waals surface area contributed by atoms with Gasteiger partial charge in [0, 0.05) is 23.5 Å². The molecule has 5 N–H and O–H groups in total. The summed E-state index contributed by atoms with van der Waals surface area (Å²) in [6, 6.07) is 26.8. The molecule has 8 heteroatoms. The maximum Gasteiger partial charge on any atom is 0.200 e. The number of carbonyl (C=O) groups excluding carboxylic acids is 2. The van der Waals surface area contributed by atoms with Crippen LogP contribution in [0.25, 0.3) is 0 Å². The van der Waals surface area contributed by atoms with Crippen LogP contribution in [0.4, 0.5) is 17.1 Å². The first-order valence-corrected chi connectivity index (χ1v) is 25.7. The normalized spacial score (nSPS) is 19.1. The van der Waals surface area contributed by atoms with Crippen molar-refractivity contribution in [2.45, 2.75) is 161 Å². The molecule has 0 amide bonds. The zero-order valence-corrected chi connectivity index (χ0v) is 40.1. The monoisotopic (exact) mass is 905 g/mol. The van der Waals surface area contributed by atoms with Crippen molar-refractivity contribution in [3.63, 3.8) is 0 Å². The Balaban J connectivity index is 1.06. The number of ether oxygens (including phenoxy) is 2. The lowest BCUT2D eigenvalue weighted by Gasteiger charge is -2.28. The molecule has 0 radical (unpaired) electrons. The highest BCUT2D eigenvalue weighted by Crippen LogP contribution is 2.50. The van der Waals surface area contributed by atoms with Crippen molar-refractivity contribution < 1.29 is 29.3 Å². The van der Waals surface area contributed by atoms with Gasteiger partial charge in [0.05, 0.1) is 27.9 Å². The van der Waals surface area contributed by atoms with Crippen LogP contribution in [-0.2, 0) is 6.42 Å². The van der Waals surface area contributed by atoms with E-state index in [1.54, 1.807) is 6.07 Å². The largest absolute Gasteiger partial charge is 0.504 e. The summed E-state index contributed by atoms with van der Waals surface area (Å²) in [6.07, 6.45) is 24.4. The summed E-state index contributed by atoms with van der Waals surface area (Å²) < 4.78 is 12.6. The summed E-state index contributed by atoms with van der Waals surface area (Å²) in [4.78, 5) is 29.5. The van der Waals surface area contributed by atoms with E-state index in [0.29, 0.717) is 29.0 Å². The maximum absolute atomic E-state index is 14.9. The van der Waals surface area contributed by atoms with Gasteiger partial charge in [0.15, 0.2) is 23.0 Å². The minimum Gasteiger partial charge on any atom is -0.504 e. The molecule has 8 nitrogen and oxygen atoms in total. The number of nitrogens with two attached hydrogens (primary N) is 1. The smallest absolute Gasteiger partial charge is 0.200 e. The summed E-state index contributed by atoms with van der Waals surface area (Å²) in [5, 5.41) is 27.1. The van der Waals surface area contributed by atoms with Gasteiger partial charge in [-0.15, -0.1) is 0 Å². The lowest BCUT2D eigenvalue weighted by Crippen LogP contribution is -2.24. The molecule has 0 unspecified atom stereocenters. The second-order valence-corrected chi connectivity index (χ2v) is 19.8. The summed E-state index contributed by atoms with van der Waals surface area (Å²) in [5.41, 5.74) is 10.4. The predicted molar refractivity (Wildman–Crippen MR) is 271 cm³/mol. The summed E-state index contributed by atoms with van der Waals surface area (Å²) in [6.45, 7) is 6.76. The third-order valence-electron chi connectivity index (χ3n) is 15.0. The number of hydrogen-bond acceptors (Lipinski definition) is 8. The summed E-state index contributed by atoms with van der Waals surface area (Å²) >= 11 is 0. The number of benzene rings is 5. The average Bonchev–Trinajstić information content (AvgIpc) is 3.34. The highest BCUT2D eigenvalue weighted by Gasteiger charge is 2.41. The molecule has 3 aliphatic carbocycles. The maximum atomic E-state index is 14.9. The molecule has 2 fully saturated rings.